The van der Waals surface area contributed by atoms with Crippen molar-refractivity contribution in [2.24, 2.45) is 0 Å². The van der Waals surface area contributed by atoms with Crippen molar-refractivity contribution in [3.05, 3.63) is 35.1 Å². The minimum atomic E-state index is -1.21. The van der Waals surface area contributed by atoms with Crippen molar-refractivity contribution in [1.29, 1.82) is 0 Å². The van der Waals surface area contributed by atoms with E-state index in [1.165, 1.54) is 7.11 Å². The van der Waals surface area contributed by atoms with E-state index >= 15 is 0 Å². The maximum Gasteiger partial charge on any atom is 0.161 e. The van der Waals surface area contributed by atoms with E-state index < -0.39 is 23.0 Å². The molecule has 1 rings (SSSR count). The molecule has 0 spiro atoms. The van der Waals surface area contributed by atoms with Gasteiger partial charge in [0.05, 0.1) is 6.61 Å². The summed E-state index contributed by atoms with van der Waals surface area (Å²) in [5, 5.41) is 12.0. The lowest BCUT2D eigenvalue weighted by Crippen LogP contribution is -2.46. The van der Waals surface area contributed by atoms with Gasteiger partial charge < -0.3 is 15.2 Å². The van der Waals surface area contributed by atoms with Gasteiger partial charge in [0.25, 0.3) is 0 Å². The van der Waals surface area contributed by atoms with Gasteiger partial charge in [0.2, 0.25) is 0 Å². The third-order valence-electron chi connectivity index (χ3n) is 2.92. The number of aliphatic hydroxyl groups excluding tert-OH is 1. The van der Waals surface area contributed by atoms with Crippen molar-refractivity contribution in [3.63, 3.8) is 0 Å². The van der Waals surface area contributed by atoms with E-state index in [9.17, 15) is 13.2 Å². The Labute approximate surface area is 110 Å². The first kappa shape index (κ1) is 15.9. The Morgan fingerprint density at radius 1 is 1.21 bits per heavy atom. The topological polar surface area (TPSA) is 41.5 Å². The Balaban J connectivity index is 2.76. The van der Waals surface area contributed by atoms with Gasteiger partial charge in [-0.15, -0.1) is 0 Å². The summed E-state index contributed by atoms with van der Waals surface area (Å²) >= 11 is 0. The number of nitrogens with one attached hydrogen (secondary N) is 1. The minimum absolute atomic E-state index is 0.0168. The molecule has 3 nitrogen and oxygen atoms in total. The van der Waals surface area contributed by atoms with Crippen LogP contribution in [0.2, 0.25) is 0 Å². The molecule has 0 aliphatic carbocycles. The standard InChI is InChI=1S/C13H18F3NO2/c1-13(3-4-18,8-19-2)17-7-9-5-11(15)12(16)6-10(9)14/h5-6,17-18H,3-4,7-8H2,1-2H3. The zero-order valence-corrected chi connectivity index (χ0v) is 11.0. The van der Waals surface area contributed by atoms with Gasteiger partial charge in [0.1, 0.15) is 5.82 Å². The van der Waals surface area contributed by atoms with Gasteiger partial charge in [-0.3, -0.25) is 0 Å². The predicted molar refractivity (Wildman–Crippen MR) is 65.1 cm³/mol. The molecule has 0 aromatic heterocycles. The van der Waals surface area contributed by atoms with Crippen LogP contribution in [-0.2, 0) is 11.3 Å². The molecule has 1 aromatic carbocycles. The molecule has 0 saturated heterocycles. The number of methoxy groups -OCH3 is 1. The lowest BCUT2D eigenvalue weighted by Gasteiger charge is -2.29. The van der Waals surface area contributed by atoms with E-state index in [4.69, 9.17) is 9.84 Å². The number of hydrogen-bond donors (Lipinski definition) is 2. The Bertz CT molecular complexity index is 421. The van der Waals surface area contributed by atoms with Gasteiger partial charge in [0, 0.05) is 37.4 Å². The van der Waals surface area contributed by atoms with E-state index in [0.717, 1.165) is 6.07 Å². The van der Waals surface area contributed by atoms with Gasteiger partial charge in [-0.05, 0) is 19.4 Å². The van der Waals surface area contributed by atoms with Crippen LogP contribution in [0.3, 0.4) is 0 Å². The highest BCUT2D eigenvalue weighted by Gasteiger charge is 2.23. The molecule has 1 aromatic rings. The Kier molecular flexibility index (Phi) is 5.78. The molecule has 19 heavy (non-hydrogen) atoms. The van der Waals surface area contributed by atoms with Crippen LogP contribution in [0.5, 0.6) is 0 Å². The van der Waals surface area contributed by atoms with Crippen molar-refractivity contribution < 1.29 is 23.0 Å². The second kappa shape index (κ2) is 6.88. The molecule has 0 saturated carbocycles. The van der Waals surface area contributed by atoms with Crippen LogP contribution in [0.1, 0.15) is 18.9 Å². The summed E-state index contributed by atoms with van der Waals surface area (Å²) in [6.07, 6.45) is 0.395. The van der Waals surface area contributed by atoms with Crippen LogP contribution in [0.4, 0.5) is 13.2 Å². The van der Waals surface area contributed by atoms with Crippen LogP contribution in [0.15, 0.2) is 12.1 Å². The summed E-state index contributed by atoms with van der Waals surface area (Å²) in [6.45, 7) is 2.05. The fourth-order valence-electron chi connectivity index (χ4n) is 1.78. The molecule has 1 atom stereocenters. The lowest BCUT2D eigenvalue weighted by atomic mass is 9.99. The highest BCUT2D eigenvalue weighted by molar-refractivity contribution is 5.20. The van der Waals surface area contributed by atoms with Crippen molar-refractivity contribution in [1.82, 2.24) is 5.32 Å². The van der Waals surface area contributed by atoms with Crippen molar-refractivity contribution in [2.75, 3.05) is 20.3 Å². The Morgan fingerprint density at radius 2 is 1.84 bits per heavy atom. The number of halogens is 3. The summed E-state index contributed by atoms with van der Waals surface area (Å²) in [5.41, 5.74) is -0.542. The molecule has 0 radical (unpaired) electrons. The first-order chi connectivity index (χ1) is 8.91. The maximum absolute atomic E-state index is 13.5. The fraction of sp³-hybridized carbons (Fsp3) is 0.538. The first-order valence-corrected chi connectivity index (χ1v) is 5.90. The van der Waals surface area contributed by atoms with Crippen LogP contribution >= 0.6 is 0 Å². The minimum Gasteiger partial charge on any atom is -0.396 e. The zero-order valence-electron chi connectivity index (χ0n) is 11.0. The quantitative estimate of drug-likeness (QED) is 0.749. The number of hydrogen-bond acceptors (Lipinski definition) is 3. The molecular formula is C13H18F3NO2. The van der Waals surface area contributed by atoms with E-state index in [2.05, 4.69) is 5.32 Å². The summed E-state index contributed by atoms with van der Waals surface area (Å²) in [6, 6.07) is 1.34. The SMILES string of the molecule is COCC(C)(CCO)NCc1cc(F)c(F)cc1F. The van der Waals surface area contributed by atoms with E-state index in [0.29, 0.717) is 19.1 Å². The molecule has 0 heterocycles. The summed E-state index contributed by atoms with van der Waals surface area (Å²) in [7, 11) is 1.51. The molecular weight excluding hydrogens is 259 g/mol. The highest BCUT2D eigenvalue weighted by Crippen LogP contribution is 2.16. The van der Waals surface area contributed by atoms with Crippen molar-refractivity contribution >= 4 is 0 Å². The second-order valence-electron chi connectivity index (χ2n) is 4.68. The largest absolute Gasteiger partial charge is 0.396 e. The number of aliphatic hydroxyl groups is 1. The van der Waals surface area contributed by atoms with E-state index in [1.807, 2.05) is 0 Å². The molecule has 108 valence electrons. The van der Waals surface area contributed by atoms with Crippen LogP contribution in [0, 0.1) is 17.5 Å². The molecule has 0 bridgehead atoms. The number of benzene rings is 1. The van der Waals surface area contributed by atoms with Gasteiger partial charge in [-0.1, -0.05) is 0 Å². The van der Waals surface area contributed by atoms with Crippen molar-refractivity contribution in [2.45, 2.75) is 25.4 Å². The molecule has 2 N–H and O–H groups in total. The molecule has 0 aliphatic heterocycles. The molecule has 0 aliphatic rings. The first-order valence-electron chi connectivity index (χ1n) is 5.90. The van der Waals surface area contributed by atoms with Gasteiger partial charge in [0.15, 0.2) is 11.6 Å². The molecule has 0 amide bonds. The third kappa shape index (κ3) is 4.49. The van der Waals surface area contributed by atoms with Crippen LogP contribution in [-0.4, -0.2) is 31.0 Å². The normalized spacial score (nSPS) is 14.4. The maximum atomic E-state index is 13.5. The van der Waals surface area contributed by atoms with Gasteiger partial charge in [-0.2, -0.15) is 0 Å². The Hall–Kier alpha value is -1.11. The van der Waals surface area contributed by atoms with Crippen molar-refractivity contribution in [3.8, 4) is 0 Å². The smallest absolute Gasteiger partial charge is 0.161 e. The highest BCUT2D eigenvalue weighted by atomic mass is 19.2. The molecule has 1 unspecified atom stereocenters. The average Bonchev–Trinajstić information content (AvgIpc) is 2.33. The van der Waals surface area contributed by atoms with Crippen LogP contribution in [0.25, 0.3) is 0 Å². The second-order valence-corrected chi connectivity index (χ2v) is 4.68. The monoisotopic (exact) mass is 277 g/mol. The van der Waals surface area contributed by atoms with Gasteiger partial charge >= 0.3 is 0 Å². The number of rotatable bonds is 7. The van der Waals surface area contributed by atoms with E-state index in [1.54, 1.807) is 6.92 Å². The third-order valence-corrected chi connectivity index (χ3v) is 2.92. The summed E-state index contributed by atoms with van der Waals surface area (Å²) < 4.78 is 44.3. The zero-order chi connectivity index (χ0) is 14.5. The predicted octanol–water partition coefficient (Wildman–Crippen LogP) is 1.98. The average molecular weight is 277 g/mol. The van der Waals surface area contributed by atoms with E-state index in [-0.39, 0.29) is 18.7 Å². The number of ether oxygens (including phenoxy) is 1. The summed E-state index contributed by atoms with van der Waals surface area (Å²) in [5.74, 6) is -3.11. The lowest BCUT2D eigenvalue weighted by molar-refractivity contribution is 0.0967. The summed E-state index contributed by atoms with van der Waals surface area (Å²) in [4.78, 5) is 0. The van der Waals surface area contributed by atoms with Gasteiger partial charge in [-0.25, -0.2) is 13.2 Å². The fourth-order valence-corrected chi connectivity index (χ4v) is 1.78. The Morgan fingerprint density at radius 3 is 2.42 bits per heavy atom. The molecule has 0 fully saturated rings. The van der Waals surface area contributed by atoms with Crippen LogP contribution < -0.4 is 5.32 Å². The molecule has 6 heteroatoms.